The highest BCUT2D eigenvalue weighted by atomic mass is 19.1. The minimum atomic E-state index is -0.976. The number of hydrogen-bond acceptors (Lipinski definition) is 5. The van der Waals surface area contributed by atoms with Crippen molar-refractivity contribution in [1.29, 1.82) is 0 Å². The molecule has 1 saturated heterocycles. The monoisotopic (exact) mass is 450 g/mol. The summed E-state index contributed by atoms with van der Waals surface area (Å²) in [6, 6.07) is 14.3. The Bertz CT molecular complexity index is 1060. The number of aliphatic hydroxyl groups is 1. The van der Waals surface area contributed by atoms with E-state index in [0.29, 0.717) is 26.2 Å². The zero-order valence-corrected chi connectivity index (χ0v) is 18.3. The molecule has 0 unspecified atom stereocenters. The number of carbonyl (C=O) groups is 2. The zero-order valence-electron chi connectivity index (χ0n) is 18.3. The Morgan fingerprint density at radius 1 is 1.06 bits per heavy atom. The van der Waals surface area contributed by atoms with E-state index in [1.165, 1.54) is 17.0 Å². The molecule has 0 saturated carbocycles. The van der Waals surface area contributed by atoms with Crippen molar-refractivity contribution < 1.29 is 23.8 Å². The first-order valence-corrected chi connectivity index (χ1v) is 11.1. The Morgan fingerprint density at radius 3 is 2.48 bits per heavy atom. The van der Waals surface area contributed by atoms with E-state index in [0.717, 1.165) is 25.2 Å². The van der Waals surface area contributed by atoms with Gasteiger partial charge >= 0.3 is 0 Å². The lowest BCUT2D eigenvalue weighted by Crippen LogP contribution is -2.39. The number of ether oxygens (including phenoxy) is 1. The van der Waals surface area contributed by atoms with Gasteiger partial charge in [-0.05, 0) is 24.1 Å². The van der Waals surface area contributed by atoms with E-state index in [1.807, 2.05) is 30.3 Å². The average molecular weight is 451 g/mol. The van der Waals surface area contributed by atoms with Crippen molar-refractivity contribution in [3.63, 3.8) is 0 Å². The fraction of sp³-hybridized carbons (Fsp3) is 0.308. The van der Waals surface area contributed by atoms with Gasteiger partial charge in [0.25, 0.3) is 5.91 Å². The van der Waals surface area contributed by atoms with Crippen LogP contribution < -0.4 is 0 Å². The SMILES string of the molecule is O=C(/C=C\c1ccccc1)C1=C(O)C(=O)N(CCCN2CCOCC2)[C@@H]1c1ccccc1F. The topological polar surface area (TPSA) is 70.1 Å². The summed E-state index contributed by atoms with van der Waals surface area (Å²) in [6.45, 7) is 4.03. The molecule has 0 spiro atoms. The van der Waals surface area contributed by atoms with Crippen molar-refractivity contribution in [3.8, 4) is 0 Å². The number of carbonyl (C=O) groups excluding carboxylic acids is 2. The van der Waals surface area contributed by atoms with Gasteiger partial charge in [-0.1, -0.05) is 54.6 Å². The van der Waals surface area contributed by atoms with E-state index < -0.39 is 29.3 Å². The fourth-order valence-electron chi connectivity index (χ4n) is 4.27. The molecule has 2 heterocycles. The second-order valence-electron chi connectivity index (χ2n) is 8.10. The van der Waals surface area contributed by atoms with E-state index in [2.05, 4.69) is 4.90 Å². The van der Waals surface area contributed by atoms with Crippen molar-refractivity contribution in [2.45, 2.75) is 12.5 Å². The average Bonchev–Trinajstić information content (AvgIpc) is 3.09. The van der Waals surface area contributed by atoms with Gasteiger partial charge in [0.05, 0.1) is 24.8 Å². The van der Waals surface area contributed by atoms with Crippen LogP contribution in [0.3, 0.4) is 0 Å². The third kappa shape index (κ3) is 5.21. The van der Waals surface area contributed by atoms with Crippen LogP contribution in [-0.2, 0) is 14.3 Å². The molecular formula is C26H27FN2O4. The van der Waals surface area contributed by atoms with Gasteiger partial charge in [0.1, 0.15) is 5.82 Å². The van der Waals surface area contributed by atoms with Crippen LogP contribution in [0.25, 0.3) is 6.08 Å². The molecule has 0 bridgehead atoms. The molecule has 2 aliphatic heterocycles. The summed E-state index contributed by atoms with van der Waals surface area (Å²) in [5.74, 6) is -2.31. The smallest absolute Gasteiger partial charge is 0.290 e. The third-order valence-corrected chi connectivity index (χ3v) is 5.97. The Hall–Kier alpha value is -3.29. The maximum absolute atomic E-state index is 14.8. The van der Waals surface area contributed by atoms with Crippen molar-refractivity contribution in [2.75, 3.05) is 39.4 Å². The summed E-state index contributed by atoms with van der Waals surface area (Å²) in [5.41, 5.74) is 0.904. The molecule has 1 fully saturated rings. The van der Waals surface area contributed by atoms with Crippen LogP contribution >= 0.6 is 0 Å². The first kappa shape index (κ1) is 22.9. The van der Waals surface area contributed by atoms with E-state index >= 15 is 0 Å². The first-order chi connectivity index (χ1) is 16.1. The van der Waals surface area contributed by atoms with E-state index in [1.54, 1.807) is 24.3 Å². The highest BCUT2D eigenvalue weighted by Gasteiger charge is 2.43. The van der Waals surface area contributed by atoms with E-state index in [4.69, 9.17) is 4.74 Å². The summed E-state index contributed by atoms with van der Waals surface area (Å²) in [6.07, 6.45) is 3.57. The van der Waals surface area contributed by atoms with Gasteiger partial charge in [-0.2, -0.15) is 0 Å². The Balaban J connectivity index is 1.58. The molecule has 4 rings (SSSR count). The lowest BCUT2D eigenvalue weighted by atomic mass is 9.95. The second-order valence-corrected chi connectivity index (χ2v) is 8.10. The summed E-state index contributed by atoms with van der Waals surface area (Å²) in [7, 11) is 0. The minimum absolute atomic E-state index is 0.0938. The summed E-state index contributed by atoms with van der Waals surface area (Å²) in [5, 5.41) is 10.7. The standard InChI is InChI=1S/C26H27FN2O4/c27-21-10-5-4-9-20(21)24-23(22(30)12-11-19-7-2-1-3-8-19)25(31)26(32)29(24)14-6-13-28-15-17-33-18-16-28/h1-5,7-12,24,31H,6,13-18H2/b12-11-/t24-/m1/s1. The molecule has 33 heavy (non-hydrogen) atoms. The van der Waals surface area contributed by atoms with Gasteiger partial charge in [0, 0.05) is 31.7 Å². The minimum Gasteiger partial charge on any atom is -0.503 e. The number of halogens is 1. The van der Waals surface area contributed by atoms with Gasteiger partial charge in [-0.3, -0.25) is 14.5 Å². The first-order valence-electron chi connectivity index (χ1n) is 11.1. The normalized spacial score (nSPS) is 19.6. The molecule has 6 nitrogen and oxygen atoms in total. The number of nitrogens with zero attached hydrogens (tertiary/aromatic N) is 2. The summed E-state index contributed by atoms with van der Waals surface area (Å²) in [4.78, 5) is 29.7. The number of rotatable bonds is 8. The van der Waals surface area contributed by atoms with Crippen LogP contribution in [-0.4, -0.2) is 66.0 Å². The van der Waals surface area contributed by atoms with Gasteiger partial charge in [0.15, 0.2) is 11.5 Å². The predicted octanol–water partition coefficient (Wildman–Crippen LogP) is 3.53. The fourth-order valence-corrected chi connectivity index (χ4v) is 4.27. The number of amides is 1. The number of benzene rings is 2. The molecule has 0 radical (unpaired) electrons. The number of aliphatic hydroxyl groups excluding tert-OH is 1. The molecular weight excluding hydrogens is 423 g/mol. The van der Waals surface area contributed by atoms with Crippen LogP contribution in [0.4, 0.5) is 4.39 Å². The molecule has 1 amide bonds. The number of morpholine rings is 1. The van der Waals surface area contributed by atoms with Crippen molar-refractivity contribution in [2.24, 2.45) is 0 Å². The Morgan fingerprint density at radius 2 is 1.76 bits per heavy atom. The van der Waals surface area contributed by atoms with Gasteiger partial charge in [0.2, 0.25) is 0 Å². The molecule has 7 heteroatoms. The lowest BCUT2D eigenvalue weighted by molar-refractivity contribution is -0.129. The highest BCUT2D eigenvalue weighted by Crippen LogP contribution is 2.39. The van der Waals surface area contributed by atoms with Gasteiger partial charge < -0.3 is 14.7 Å². The number of hydrogen-bond donors (Lipinski definition) is 1. The van der Waals surface area contributed by atoms with Crippen LogP contribution in [0.15, 0.2) is 72.0 Å². The van der Waals surface area contributed by atoms with Crippen molar-refractivity contribution in [3.05, 3.63) is 88.9 Å². The molecule has 2 aromatic carbocycles. The highest BCUT2D eigenvalue weighted by molar-refractivity contribution is 6.14. The lowest BCUT2D eigenvalue weighted by Gasteiger charge is -2.30. The number of ketones is 1. The van der Waals surface area contributed by atoms with Crippen molar-refractivity contribution in [1.82, 2.24) is 9.80 Å². The Kier molecular flexibility index (Phi) is 7.32. The third-order valence-electron chi connectivity index (χ3n) is 5.97. The van der Waals surface area contributed by atoms with Crippen LogP contribution in [0, 0.1) is 5.82 Å². The molecule has 172 valence electrons. The zero-order chi connectivity index (χ0) is 23.2. The molecule has 2 aromatic rings. The van der Waals surface area contributed by atoms with Crippen molar-refractivity contribution >= 4 is 17.8 Å². The van der Waals surface area contributed by atoms with Crippen LogP contribution in [0.1, 0.15) is 23.6 Å². The predicted molar refractivity (Wildman–Crippen MR) is 123 cm³/mol. The van der Waals surface area contributed by atoms with Crippen LogP contribution in [0.5, 0.6) is 0 Å². The van der Waals surface area contributed by atoms with Gasteiger partial charge in [-0.25, -0.2) is 4.39 Å². The molecule has 2 aliphatic rings. The maximum atomic E-state index is 14.8. The maximum Gasteiger partial charge on any atom is 0.290 e. The number of allylic oxidation sites excluding steroid dienone is 1. The van der Waals surface area contributed by atoms with E-state index in [-0.39, 0.29) is 11.1 Å². The van der Waals surface area contributed by atoms with Crippen LogP contribution in [0.2, 0.25) is 0 Å². The quantitative estimate of drug-likeness (QED) is 0.623. The molecule has 0 aliphatic carbocycles. The second kappa shape index (κ2) is 10.6. The summed E-state index contributed by atoms with van der Waals surface area (Å²) < 4.78 is 20.1. The summed E-state index contributed by atoms with van der Waals surface area (Å²) >= 11 is 0. The Labute approximate surface area is 192 Å². The molecule has 0 aromatic heterocycles. The largest absolute Gasteiger partial charge is 0.503 e. The molecule has 1 N–H and O–H groups in total. The van der Waals surface area contributed by atoms with Gasteiger partial charge in [-0.15, -0.1) is 0 Å². The van der Waals surface area contributed by atoms with E-state index in [9.17, 15) is 19.1 Å². The molecule has 1 atom stereocenters.